The Kier molecular flexibility index (Phi) is 7.25. The average molecular weight is 451 g/mol. The molecule has 0 bridgehead atoms. The van der Waals surface area contributed by atoms with Crippen molar-refractivity contribution >= 4 is 6.08 Å². The Balaban J connectivity index is 1.39. The van der Waals surface area contributed by atoms with Gasteiger partial charge in [0.15, 0.2) is 0 Å². The first-order chi connectivity index (χ1) is 16.0. The van der Waals surface area contributed by atoms with Crippen LogP contribution in [0.4, 0.5) is 0 Å². The summed E-state index contributed by atoms with van der Waals surface area (Å²) in [6, 6.07) is 15.7. The van der Waals surface area contributed by atoms with E-state index in [4.69, 9.17) is 9.47 Å². The predicted molar refractivity (Wildman–Crippen MR) is 126 cm³/mol. The van der Waals surface area contributed by atoms with E-state index in [0.29, 0.717) is 25.6 Å². The van der Waals surface area contributed by atoms with Crippen molar-refractivity contribution in [2.24, 2.45) is 5.41 Å². The summed E-state index contributed by atoms with van der Waals surface area (Å²) in [7, 11) is 0. The zero-order valence-electron chi connectivity index (χ0n) is 18.7. The zero-order valence-corrected chi connectivity index (χ0v) is 18.7. The summed E-state index contributed by atoms with van der Waals surface area (Å²) in [6.07, 6.45) is 6.53. The fourth-order valence-electron chi connectivity index (χ4n) is 3.77. The van der Waals surface area contributed by atoms with Crippen LogP contribution >= 0.6 is 0 Å². The molecule has 1 aliphatic rings. The molecule has 1 aliphatic heterocycles. The molecule has 3 N–H and O–H groups in total. The van der Waals surface area contributed by atoms with Crippen LogP contribution in [0.25, 0.3) is 17.2 Å². The predicted octanol–water partition coefficient (Wildman–Crippen LogP) is 3.24. The maximum Gasteiger partial charge on any atom is 0.137 e. The van der Waals surface area contributed by atoms with Crippen LogP contribution in [0.5, 0.6) is 5.75 Å². The highest BCUT2D eigenvalue weighted by atomic mass is 16.5. The van der Waals surface area contributed by atoms with Gasteiger partial charge < -0.3 is 29.4 Å². The van der Waals surface area contributed by atoms with Crippen LogP contribution in [0, 0.1) is 5.41 Å². The third-order valence-corrected chi connectivity index (χ3v) is 5.92. The molecule has 0 amide bonds. The number of aliphatic hydroxyl groups is 3. The Morgan fingerprint density at radius 2 is 1.76 bits per heavy atom. The smallest absolute Gasteiger partial charge is 0.137 e. The Labute approximate surface area is 193 Å². The maximum atomic E-state index is 9.86. The van der Waals surface area contributed by atoms with Crippen LogP contribution in [-0.4, -0.2) is 57.9 Å². The first kappa shape index (κ1) is 23.2. The van der Waals surface area contributed by atoms with E-state index in [0.717, 1.165) is 22.4 Å². The van der Waals surface area contributed by atoms with Crippen LogP contribution in [0.1, 0.15) is 30.5 Å². The third-order valence-electron chi connectivity index (χ3n) is 5.92. The second kappa shape index (κ2) is 10.3. The van der Waals surface area contributed by atoms with Gasteiger partial charge in [0, 0.05) is 12.4 Å². The lowest BCUT2D eigenvalue weighted by molar-refractivity contribution is -0.153. The van der Waals surface area contributed by atoms with Crippen LogP contribution in [0.3, 0.4) is 0 Å². The summed E-state index contributed by atoms with van der Waals surface area (Å²) in [5.74, 6) is 1.29. The van der Waals surface area contributed by atoms with Crippen LogP contribution in [0.15, 0.2) is 67.0 Å². The molecule has 2 aromatic carbocycles. The summed E-state index contributed by atoms with van der Waals surface area (Å²) >= 11 is 0. The minimum atomic E-state index is -0.707. The molecule has 0 saturated carbocycles. The summed E-state index contributed by atoms with van der Waals surface area (Å²) in [5, 5.41) is 29.2. The Morgan fingerprint density at radius 3 is 2.30 bits per heavy atom. The molecule has 0 aliphatic carbocycles. The molecule has 0 spiro atoms. The molecule has 33 heavy (non-hydrogen) atoms. The van der Waals surface area contributed by atoms with E-state index in [1.54, 1.807) is 23.9 Å². The van der Waals surface area contributed by atoms with Gasteiger partial charge in [0.2, 0.25) is 0 Å². The number of nitrogens with zero attached hydrogens (tertiary/aromatic N) is 2. The molecular weight excluding hydrogens is 420 g/mol. The van der Waals surface area contributed by atoms with Crippen molar-refractivity contribution in [1.82, 2.24) is 9.55 Å². The van der Waals surface area contributed by atoms with E-state index >= 15 is 0 Å². The number of hydrogen-bond donors (Lipinski definition) is 3. The van der Waals surface area contributed by atoms with E-state index in [1.165, 1.54) is 0 Å². The quantitative estimate of drug-likeness (QED) is 0.439. The third kappa shape index (κ3) is 5.34. The minimum absolute atomic E-state index is 0.0645. The number of benzene rings is 2. The maximum absolute atomic E-state index is 9.86. The minimum Gasteiger partial charge on any atom is -0.493 e. The van der Waals surface area contributed by atoms with Gasteiger partial charge in [-0.1, -0.05) is 48.6 Å². The Hall–Kier alpha value is -2.97. The second-order valence-corrected chi connectivity index (χ2v) is 8.56. The largest absolute Gasteiger partial charge is 0.493 e. The summed E-state index contributed by atoms with van der Waals surface area (Å²) in [5.41, 5.74) is 2.90. The fourth-order valence-corrected chi connectivity index (χ4v) is 3.77. The molecule has 2 atom stereocenters. The lowest BCUT2D eigenvalue weighted by atomic mass is 9.88. The van der Waals surface area contributed by atoms with Gasteiger partial charge in [-0.2, -0.15) is 0 Å². The van der Waals surface area contributed by atoms with Crippen LogP contribution < -0.4 is 4.74 Å². The first-order valence-corrected chi connectivity index (χ1v) is 11.1. The molecule has 3 aromatic rings. The zero-order chi connectivity index (χ0) is 23.3. The Morgan fingerprint density at radius 1 is 1.09 bits per heavy atom. The lowest BCUT2D eigenvalue weighted by Gasteiger charge is -2.39. The van der Waals surface area contributed by atoms with Gasteiger partial charge >= 0.3 is 0 Å². The Bertz CT molecular complexity index is 1050. The molecule has 7 heteroatoms. The highest BCUT2D eigenvalue weighted by molar-refractivity contribution is 5.66. The highest BCUT2D eigenvalue weighted by Crippen LogP contribution is 2.29. The second-order valence-electron chi connectivity index (χ2n) is 8.56. The van der Waals surface area contributed by atoms with Crippen LogP contribution in [-0.2, 0) is 4.74 Å². The van der Waals surface area contributed by atoms with Gasteiger partial charge in [0.05, 0.1) is 37.9 Å². The van der Waals surface area contributed by atoms with Crippen molar-refractivity contribution in [3.63, 3.8) is 0 Å². The van der Waals surface area contributed by atoms with E-state index in [2.05, 4.69) is 4.98 Å². The number of rotatable bonds is 10. The van der Waals surface area contributed by atoms with Gasteiger partial charge in [-0.25, -0.2) is 4.98 Å². The van der Waals surface area contributed by atoms with Crippen LogP contribution in [0.2, 0.25) is 0 Å². The monoisotopic (exact) mass is 450 g/mol. The molecule has 4 rings (SSSR count). The van der Waals surface area contributed by atoms with E-state index in [-0.39, 0.29) is 24.7 Å². The number of aliphatic hydroxyl groups excluding tert-OH is 3. The van der Waals surface area contributed by atoms with Crippen molar-refractivity contribution in [2.45, 2.75) is 19.1 Å². The topological polar surface area (TPSA) is 97.0 Å². The molecule has 0 radical (unpaired) electrons. The van der Waals surface area contributed by atoms with Crippen molar-refractivity contribution in [3.8, 4) is 16.9 Å². The van der Waals surface area contributed by atoms with Gasteiger partial charge in [-0.15, -0.1) is 0 Å². The molecule has 1 aromatic heterocycles. The number of ether oxygens (including phenoxy) is 2. The molecule has 174 valence electrons. The molecular formula is C26H30N2O5. The van der Waals surface area contributed by atoms with E-state index in [1.807, 2.05) is 60.7 Å². The normalized spacial score (nSPS) is 17.0. The SMILES string of the molecule is C[C@H](O)c1nccn1C(C=Cc1ccc(-c2ccc(OCC3(CO)COC3)cc2)cc1)CO. The summed E-state index contributed by atoms with van der Waals surface area (Å²) in [4.78, 5) is 4.17. The molecule has 1 fully saturated rings. The summed E-state index contributed by atoms with van der Waals surface area (Å²) in [6.45, 7) is 3.14. The molecule has 1 saturated heterocycles. The molecule has 2 heterocycles. The highest BCUT2D eigenvalue weighted by Gasteiger charge is 2.39. The standard InChI is InChI=1S/C26H30N2O5/c1-19(31)25-27-12-13-28(25)23(14-29)9-4-20-2-5-21(6-3-20)22-7-10-24(11-8-22)33-18-26(15-30)16-32-17-26/h2-13,19,23,29-31H,14-18H2,1H3/t19-,23?/m0/s1. The molecule has 7 nitrogen and oxygen atoms in total. The summed E-state index contributed by atoms with van der Waals surface area (Å²) < 4.78 is 12.8. The number of imidazole rings is 1. The van der Waals surface area contributed by atoms with Gasteiger partial charge in [-0.3, -0.25) is 0 Å². The van der Waals surface area contributed by atoms with Crippen molar-refractivity contribution in [2.75, 3.05) is 33.0 Å². The van der Waals surface area contributed by atoms with Gasteiger partial charge in [0.1, 0.15) is 24.3 Å². The van der Waals surface area contributed by atoms with Crippen molar-refractivity contribution < 1.29 is 24.8 Å². The van der Waals surface area contributed by atoms with E-state index in [9.17, 15) is 15.3 Å². The average Bonchev–Trinajstić information content (AvgIpc) is 3.30. The molecule has 1 unspecified atom stereocenters. The lowest BCUT2D eigenvalue weighted by Crippen LogP contribution is -2.49. The first-order valence-electron chi connectivity index (χ1n) is 11.1. The number of aromatic nitrogens is 2. The van der Waals surface area contributed by atoms with Crippen molar-refractivity contribution in [3.05, 3.63) is 78.4 Å². The fraction of sp³-hybridized carbons (Fsp3) is 0.346. The van der Waals surface area contributed by atoms with Crippen molar-refractivity contribution in [1.29, 1.82) is 0 Å². The van der Waals surface area contributed by atoms with Gasteiger partial charge in [-0.05, 0) is 35.7 Å². The van der Waals surface area contributed by atoms with Gasteiger partial charge in [0.25, 0.3) is 0 Å². The van der Waals surface area contributed by atoms with E-state index < -0.39 is 6.10 Å². The number of hydrogen-bond acceptors (Lipinski definition) is 6.